The normalized spacial score (nSPS) is 13.3. The molecule has 1 fully saturated rings. The standard InChI is InChI=1S/C29H39N7O4/c30-12-16-39-20-19-38-15-4-7-26(37)21-23-8-10-25(11-9-23)32-28-33-27(31-22-24-5-2-1-3-6-24)34-29(35-28)36-13-17-40-18-14-36/h1-3,5-6,8-11H,4,7,12-22,30H2,(H2,31,32,33,34,35). The third kappa shape index (κ3) is 10.2. The number of morpholine rings is 1. The summed E-state index contributed by atoms with van der Waals surface area (Å²) in [7, 11) is 0. The van der Waals surface area contributed by atoms with E-state index in [2.05, 4.69) is 42.6 Å². The first kappa shape index (κ1) is 29.3. The number of ether oxygens (including phenoxy) is 3. The second-order valence-corrected chi connectivity index (χ2v) is 9.38. The zero-order chi connectivity index (χ0) is 27.8. The van der Waals surface area contributed by atoms with Crippen molar-refractivity contribution in [2.24, 2.45) is 5.73 Å². The Hall–Kier alpha value is -3.64. The molecule has 40 heavy (non-hydrogen) atoms. The zero-order valence-electron chi connectivity index (χ0n) is 22.9. The smallest absolute Gasteiger partial charge is 0.233 e. The molecular formula is C29H39N7O4. The summed E-state index contributed by atoms with van der Waals surface area (Å²) in [5.74, 6) is 1.73. The Kier molecular flexibility index (Phi) is 12.1. The van der Waals surface area contributed by atoms with Crippen LogP contribution in [0.3, 0.4) is 0 Å². The van der Waals surface area contributed by atoms with Crippen LogP contribution in [0.4, 0.5) is 23.5 Å². The number of nitrogens with two attached hydrogens (primary N) is 1. The van der Waals surface area contributed by atoms with Crippen molar-refractivity contribution in [2.75, 3.05) is 74.8 Å². The first-order valence-electron chi connectivity index (χ1n) is 13.8. The van der Waals surface area contributed by atoms with Crippen molar-refractivity contribution < 1.29 is 19.0 Å². The number of Topliss-reactive ketones (excluding diaryl/α,β-unsaturated/α-hetero) is 1. The Balaban J connectivity index is 1.30. The third-order valence-electron chi connectivity index (χ3n) is 6.20. The van der Waals surface area contributed by atoms with E-state index in [0.717, 1.165) is 29.9 Å². The summed E-state index contributed by atoms with van der Waals surface area (Å²) in [6, 6.07) is 17.9. The molecule has 1 aromatic heterocycles. The minimum atomic E-state index is 0.186. The number of anilines is 4. The molecule has 4 N–H and O–H groups in total. The summed E-state index contributed by atoms with van der Waals surface area (Å²) >= 11 is 0. The number of carbonyl (C=O) groups is 1. The summed E-state index contributed by atoms with van der Waals surface area (Å²) in [4.78, 5) is 28.4. The number of nitrogens with one attached hydrogen (secondary N) is 2. The number of benzene rings is 2. The molecule has 1 aliphatic heterocycles. The van der Waals surface area contributed by atoms with Crippen molar-refractivity contribution in [3.63, 3.8) is 0 Å². The van der Waals surface area contributed by atoms with Gasteiger partial charge in [-0.05, 0) is 29.7 Å². The van der Waals surface area contributed by atoms with Crippen molar-refractivity contribution in [3.8, 4) is 0 Å². The lowest BCUT2D eigenvalue weighted by Crippen LogP contribution is -2.37. The highest BCUT2D eigenvalue weighted by molar-refractivity contribution is 5.81. The van der Waals surface area contributed by atoms with E-state index in [1.165, 1.54) is 0 Å². The quantitative estimate of drug-likeness (QED) is 0.214. The van der Waals surface area contributed by atoms with Crippen LogP contribution in [0.2, 0.25) is 0 Å². The number of aromatic nitrogens is 3. The topological polar surface area (TPSA) is 137 Å². The molecule has 0 saturated carbocycles. The second kappa shape index (κ2) is 16.5. The van der Waals surface area contributed by atoms with E-state index in [4.69, 9.17) is 19.9 Å². The molecule has 0 spiro atoms. The van der Waals surface area contributed by atoms with Crippen LogP contribution in [0, 0.1) is 0 Å². The van der Waals surface area contributed by atoms with E-state index in [1.807, 2.05) is 42.5 Å². The van der Waals surface area contributed by atoms with Gasteiger partial charge in [-0.1, -0.05) is 42.5 Å². The molecule has 0 radical (unpaired) electrons. The number of ketones is 1. The van der Waals surface area contributed by atoms with Crippen LogP contribution in [-0.2, 0) is 32.0 Å². The van der Waals surface area contributed by atoms with E-state index in [1.54, 1.807) is 0 Å². The average Bonchev–Trinajstić information content (AvgIpc) is 2.99. The van der Waals surface area contributed by atoms with Crippen molar-refractivity contribution in [1.82, 2.24) is 15.0 Å². The van der Waals surface area contributed by atoms with E-state index in [9.17, 15) is 4.79 Å². The summed E-state index contributed by atoms with van der Waals surface area (Å²) in [5, 5.41) is 6.61. The fourth-order valence-corrected chi connectivity index (χ4v) is 4.11. The van der Waals surface area contributed by atoms with Crippen LogP contribution in [0.5, 0.6) is 0 Å². The minimum absolute atomic E-state index is 0.186. The minimum Gasteiger partial charge on any atom is -0.379 e. The van der Waals surface area contributed by atoms with E-state index < -0.39 is 0 Å². The van der Waals surface area contributed by atoms with Gasteiger partial charge in [0.2, 0.25) is 17.8 Å². The molecule has 0 aliphatic carbocycles. The Morgan fingerprint density at radius 3 is 2.35 bits per heavy atom. The Morgan fingerprint density at radius 2 is 1.60 bits per heavy atom. The first-order chi connectivity index (χ1) is 19.7. The lowest BCUT2D eigenvalue weighted by molar-refractivity contribution is -0.118. The third-order valence-corrected chi connectivity index (χ3v) is 6.20. The maximum Gasteiger partial charge on any atom is 0.233 e. The van der Waals surface area contributed by atoms with Gasteiger partial charge in [-0.3, -0.25) is 4.79 Å². The predicted octanol–water partition coefficient (Wildman–Crippen LogP) is 2.95. The average molecular weight is 550 g/mol. The largest absolute Gasteiger partial charge is 0.379 e. The molecule has 0 bridgehead atoms. The van der Waals surface area contributed by atoms with Crippen molar-refractivity contribution >= 4 is 29.3 Å². The van der Waals surface area contributed by atoms with E-state index in [-0.39, 0.29) is 5.78 Å². The van der Waals surface area contributed by atoms with Crippen LogP contribution in [0.25, 0.3) is 0 Å². The van der Waals surface area contributed by atoms with Gasteiger partial charge in [0.1, 0.15) is 5.78 Å². The Labute approximate surface area is 235 Å². The molecule has 0 atom stereocenters. The van der Waals surface area contributed by atoms with Crippen molar-refractivity contribution in [2.45, 2.75) is 25.8 Å². The van der Waals surface area contributed by atoms with E-state index in [0.29, 0.717) is 89.8 Å². The van der Waals surface area contributed by atoms with Gasteiger partial charge in [0.05, 0.1) is 33.0 Å². The van der Waals surface area contributed by atoms with Gasteiger partial charge in [0.25, 0.3) is 0 Å². The molecule has 0 amide bonds. The molecular weight excluding hydrogens is 510 g/mol. The molecule has 214 valence electrons. The number of hydrogen-bond donors (Lipinski definition) is 3. The SMILES string of the molecule is NCCOCCOCCCC(=O)Cc1ccc(Nc2nc(NCc3ccccc3)nc(N3CCOCC3)n2)cc1. The maximum absolute atomic E-state index is 12.4. The van der Waals surface area contributed by atoms with E-state index >= 15 is 0 Å². The lowest BCUT2D eigenvalue weighted by Gasteiger charge is -2.27. The van der Waals surface area contributed by atoms with Crippen LogP contribution in [0.1, 0.15) is 24.0 Å². The maximum atomic E-state index is 12.4. The molecule has 11 nitrogen and oxygen atoms in total. The molecule has 3 aromatic rings. The number of rotatable bonds is 17. The van der Waals surface area contributed by atoms with Crippen LogP contribution < -0.4 is 21.3 Å². The van der Waals surface area contributed by atoms with Crippen LogP contribution >= 0.6 is 0 Å². The fourth-order valence-electron chi connectivity index (χ4n) is 4.11. The highest BCUT2D eigenvalue weighted by Gasteiger charge is 2.17. The number of carbonyl (C=O) groups excluding carboxylic acids is 1. The number of hydrogen-bond acceptors (Lipinski definition) is 11. The van der Waals surface area contributed by atoms with Gasteiger partial charge < -0.3 is 35.5 Å². The Morgan fingerprint density at radius 1 is 0.875 bits per heavy atom. The lowest BCUT2D eigenvalue weighted by atomic mass is 10.1. The predicted molar refractivity (Wildman–Crippen MR) is 155 cm³/mol. The summed E-state index contributed by atoms with van der Waals surface area (Å²) in [5.41, 5.74) is 8.30. The monoisotopic (exact) mass is 549 g/mol. The van der Waals surface area contributed by atoms with Gasteiger partial charge in [0.15, 0.2) is 0 Å². The zero-order valence-corrected chi connectivity index (χ0v) is 22.9. The molecule has 2 aromatic carbocycles. The molecule has 1 aliphatic rings. The van der Waals surface area contributed by atoms with Crippen LogP contribution in [0.15, 0.2) is 54.6 Å². The van der Waals surface area contributed by atoms with Gasteiger partial charge in [-0.2, -0.15) is 15.0 Å². The van der Waals surface area contributed by atoms with Crippen molar-refractivity contribution in [3.05, 3.63) is 65.7 Å². The Bertz CT molecular complexity index is 1160. The molecule has 2 heterocycles. The molecule has 11 heteroatoms. The highest BCUT2D eigenvalue weighted by Crippen LogP contribution is 2.20. The molecule has 4 rings (SSSR count). The summed E-state index contributed by atoms with van der Waals surface area (Å²) in [6.45, 7) is 5.95. The second-order valence-electron chi connectivity index (χ2n) is 9.38. The van der Waals surface area contributed by atoms with Crippen LogP contribution in [-0.4, -0.2) is 80.0 Å². The molecule has 1 saturated heterocycles. The molecule has 0 unspecified atom stereocenters. The van der Waals surface area contributed by atoms with Gasteiger partial charge in [-0.15, -0.1) is 0 Å². The van der Waals surface area contributed by atoms with Gasteiger partial charge in [0, 0.05) is 51.3 Å². The van der Waals surface area contributed by atoms with Gasteiger partial charge >= 0.3 is 0 Å². The van der Waals surface area contributed by atoms with Gasteiger partial charge in [-0.25, -0.2) is 0 Å². The first-order valence-corrected chi connectivity index (χ1v) is 13.8. The van der Waals surface area contributed by atoms with Crippen molar-refractivity contribution in [1.29, 1.82) is 0 Å². The summed E-state index contributed by atoms with van der Waals surface area (Å²) in [6.07, 6.45) is 1.57. The summed E-state index contributed by atoms with van der Waals surface area (Å²) < 4.78 is 16.2. The fraction of sp³-hybridized carbons (Fsp3) is 0.448. The number of nitrogens with zero attached hydrogens (tertiary/aromatic N) is 4. The highest BCUT2D eigenvalue weighted by atomic mass is 16.5.